The van der Waals surface area contributed by atoms with E-state index in [4.69, 9.17) is 17.0 Å². The first-order valence-electron chi connectivity index (χ1n) is 7.61. The third-order valence-electron chi connectivity index (χ3n) is 3.41. The van der Waals surface area contributed by atoms with E-state index in [-0.39, 0.29) is 0 Å². The maximum Gasteiger partial charge on any atom is 0.170 e. The van der Waals surface area contributed by atoms with E-state index in [1.54, 1.807) is 0 Å². The molecule has 0 saturated carbocycles. The normalized spacial score (nSPS) is 10.3. The van der Waals surface area contributed by atoms with Crippen molar-refractivity contribution in [3.05, 3.63) is 54.6 Å². The van der Waals surface area contributed by atoms with E-state index < -0.39 is 0 Å². The average Bonchev–Trinajstić information content (AvgIpc) is 2.55. The van der Waals surface area contributed by atoms with Gasteiger partial charge in [-0.2, -0.15) is 0 Å². The molecular formula is C18H22N2OS. The Hall–Kier alpha value is -2.07. The van der Waals surface area contributed by atoms with Gasteiger partial charge in [-0.25, -0.2) is 0 Å². The first-order valence-corrected chi connectivity index (χ1v) is 8.02. The Labute approximate surface area is 137 Å². The number of para-hydroxylation sites is 1. The molecular weight excluding hydrogens is 292 g/mol. The summed E-state index contributed by atoms with van der Waals surface area (Å²) in [7, 11) is 0. The van der Waals surface area contributed by atoms with Gasteiger partial charge in [-0.05, 0) is 61.5 Å². The standard InChI is InChI=1S/C18H22N2OS/c1-3-14(4-2)19-18(22)20-15-10-12-17(13-11-15)21-16-8-6-5-7-9-16/h5-14H,3-4H2,1-2H3,(H2,19,20,22). The highest BCUT2D eigenvalue weighted by molar-refractivity contribution is 7.80. The molecule has 0 radical (unpaired) electrons. The van der Waals surface area contributed by atoms with Crippen molar-refractivity contribution in [1.29, 1.82) is 0 Å². The quantitative estimate of drug-likeness (QED) is 0.739. The monoisotopic (exact) mass is 314 g/mol. The van der Waals surface area contributed by atoms with Crippen LogP contribution in [0.5, 0.6) is 11.5 Å². The van der Waals surface area contributed by atoms with Crippen molar-refractivity contribution < 1.29 is 4.74 Å². The van der Waals surface area contributed by atoms with Crippen LogP contribution in [0.3, 0.4) is 0 Å². The molecule has 2 rings (SSSR count). The fourth-order valence-corrected chi connectivity index (χ4v) is 2.36. The molecule has 0 fully saturated rings. The molecule has 0 aliphatic heterocycles. The van der Waals surface area contributed by atoms with Crippen molar-refractivity contribution in [3.63, 3.8) is 0 Å². The van der Waals surface area contributed by atoms with Gasteiger partial charge < -0.3 is 15.4 Å². The molecule has 0 aromatic heterocycles. The highest BCUT2D eigenvalue weighted by Crippen LogP contribution is 2.22. The molecule has 4 heteroatoms. The second-order valence-corrected chi connectivity index (χ2v) is 5.46. The summed E-state index contributed by atoms with van der Waals surface area (Å²) >= 11 is 5.33. The van der Waals surface area contributed by atoms with Crippen LogP contribution in [0, 0.1) is 0 Å². The van der Waals surface area contributed by atoms with Gasteiger partial charge in [0.05, 0.1) is 0 Å². The van der Waals surface area contributed by atoms with Gasteiger partial charge in [-0.15, -0.1) is 0 Å². The van der Waals surface area contributed by atoms with Crippen molar-refractivity contribution in [2.24, 2.45) is 0 Å². The summed E-state index contributed by atoms with van der Waals surface area (Å²) in [5.74, 6) is 1.63. The van der Waals surface area contributed by atoms with E-state index in [0.29, 0.717) is 11.2 Å². The number of ether oxygens (including phenoxy) is 1. The molecule has 22 heavy (non-hydrogen) atoms. The molecule has 0 atom stereocenters. The van der Waals surface area contributed by atoms with Crippen LogP contribution in [-0.2, 0) is 0 Å². The van der Waals surface area contributed by atoms with Crippen molar-refractivity contribution in [2.45, 2.75) is 32.7 Å². The lowest BCUT2D eigenvalue weighted by Gasteiger charge is -2.18. The molecule has 0 bridgehead atoms. The van der Waals surface area contributed by atoms with Crippen molar-refractivity contribution in [1.82, 2.24) is 5.32 Å². The van der Waals surface area contributed by atoms with Crippen LogP contribution in [0.4, 0.5) is 5.69 Å². The second-order valence-electron chi connectivity index (χ2n) is 5.05. The molecule has 2 N–H and O–H groups in total. The largest absolute Gasteiger partial charge is 0.457 e. The van der Waals surface area contributed by atoms with E-state index >= 15 is 0 Å². The minimum absolute atomic E-state index is 0.417. The highest BCUT2D eigenvalue weighted by Gasteiger charge is 2.05. The van der Waals surface area contributed by atoms with Crippen LogP contribution in [0.15, 0.2) is 54.6 Å². The Morgan fingerprint density at radius 2 is 1.55 bits per heavy atom. The Kier molecular flexibility index (Phi) is 6.22. The second kappa shape index (κ2) is 8.39. The lowest BCUT2D eigenvalue weighted by molar-refractivity contribution is 0.483. The fraction of sp³-hybridized carbons (Fsp3) is 0.278. The molecule has 0 aliphatic carbocycles. The zero-order valence-corrected chi connectivity index (χ0v) is 13.8. The van der Waals surface area contributed by atoms with Gasteiger partial charge in [0.25, 0.3) is 0 Å². The van der Waals surface area contributed by atoms with Crippen LogP contribution in [0.25, 0.3) is 0 Å². The predicted octanol–water partition coefficient (Wildman–Crippen LogP) is 4.95. The molecule has 116 valence electrons. The molecule has 0 aliphatic rings. The lowest BCUT2D eigenvalue weighted by Crippen LogP contribution is -2.36. The number of thiocarbonyl (C=S) groups is 1. The third-order valence-corrected chi connectivity index (χ3v) is 3.63. The summed E-state index contributed by atoms with van der Waals surface area (Å²) in [4.78, 5) is 0. The highest BCUT2D eigenvalue weighted by atomic mass is 32.1. The first-order chi connectivity index (χ1) is 10.7. The van der Waals surface area contributed by atoms with E-state index in [1.807, 2.05) is 54.6 Å². The van der Waals surface area contributed by atoms with Crippen LogP contribution in [0.1, 0.15) is 26.7 Å². The Balaban J connectivity index is 1.90. The summed E-state index contributed by atoms with van der Waals surface area (Å²) < 4.78 is 5.76. The summed E-state index contributed by atoms with van der Waals surface area (Å²) in [6.07, 6.45) is 2.12. The summed E-state index contributed by atoms with van der Waals surface area (Å²) in [5, 5.41) is 7.16. The van der Waals surface area contributed by atoms with E-state index in [0.717, 1.165) is 30.0 Å². The number of nitrogens with one attached hydrogen (secondary N) is 2. The van der Waals surface area contributed by atoms with Gasteiger partial charge in [-0.3, -0.25) is 0 Å². The van der Waals surface area contributed by atoms with Gasteiger partial charge in [0.2, 0.25) is 0 Å². The zero-order valence-electron chi connectivity index (χ0n) is 13.0. The van der Waals surface area contributed by atoms with Crippen molar-refractivity contribution in [2.75, 3.05) is 5.32 Å². The minimum atomic E-state index is 0.417. The Bertz CT molecular complexity index is 580. The van der Waals surface area contributed by atoms with Crippen LogP contribution in [0.2, 0.25) is 0 Å². The van der Waals surface area contributed by atoms with Crippen molar-refractivity contribution >= 4 is 23.0 Å². The Morgan fingerprint density at radius 3 is 2.14 bits per heavy atom. The first kappa shape index (κ1) is 16.3. The van der Waals surface area contributed by atoms with E-state index in [2.05, 4.69) is 24.5 Å². The van der Waals surface area contributed by atoms with E-state index in [1.165, 1.54) is 0 Å². The fourth-order valence-electron chi connectivity index (χ4n) is 2.08. The van der Waals surface area contributed by atoms with Crippen LogP contribution in [-0.4, -0.2) is 11.2 Å². The van der Waals surface area contributed by atoms with Gasteiger partial charge in [0.1, 0.15) is 11.5 Å². The van der Waals surface area contributed by atoms with Crippen LogP contribution >= 0.6 is 12.2 Å². The number of hydrogen-bond donors (Lipinski definition) is 2. The molecule has 3 nitrogen and oxygen atoms in total. The summed E-state index contributed by atoms with van der Waals surface area (Å²) in [5.41, 5.74) is 0.948. The topological polar surface area (TPSA) is 33.3 Å². The lowest BCUT2D eigenvalue weighted by atomic mass is 10.2. The maximum atomic E-state index is 5.76. The molecule has 0 unspecified atom stereocenters. The molecule has 0 saturated heterocycles. The average molecular weight is 314 g/mol. The third kappa shape index (κ3) is 5.04. The van der Waals surface area contributed by atoms with Gasteiger partial charge in [-0.1, -0.05) is 32.0 Å². The molecule has 0 heterocycles. The molecule has 0 spiro atoms. The minimum Gasteiger partial charge on any atom is -0.457 e. The zero-order chi connectivity index (χ0) is 15.8. The molecule has 2 aromatic rings. The van der Waals surface area contributed by atoms with Crippen molar-refractivity contribution in [3.8, 4) is 11.5 Å². The van der Waals surface area contributed by atoms with Crippen LogP contribution < -0.4 is 15.4 Å². The van der Waals surface area contributed by atoms with Gasteiger partial charge in [0.15, 0.2) is 5.11 Å². The van der Waals surface area contributed by atoms with Gasteiger partial charge in [0, 0.05) is 11.7 Å². The Morgan fingerprint density at radius 1 is 0.955 bits per heavy atom. The maximum absolute atomic E-state index is 5.76. The summed E-state index contributed by atoms with van der Waals surface area (Å²) in [6.45, 7) is 4.30. The predicted molar refractivity (Wildman–Crippen MR) is 96.7 cm³/mol. The number of benzene rings is 2. The number of hydrogen-bond acceptors (Lipinski definition) is 2. The number of anilines is 1. The summed E-state index contributed by atoms with van der Waals surface area (Å²) in [6, 6.07) is 17.9. The SMILES string of the molecule is CCC(CC)NC(=S)Nc1ccc(Oc2ccccc2)cc1. The van der Waals surface area contributed by atoms with Gasteiger partial charge >= 0.3 is 0 Å². The smallest absolute Gasteiger partial charge is 0.170 e. The van der Waals surface area contributed by atoms with E-state index in [9.17, 15) is 0 Å². The molecule has 2 aromatic carbocycles. The number of rotatable bonds is 6. The molecule has 0 amide bonds.